The maximum Gasteiger partial charge on any atom is 0.302 e. The summed E-state index contributed by atoms with van der Waals surface area (Å²) in [6, 6.07) is 0. The first-order valence-electron chi connectivity index (χ1n) is 9.96. The van der Waals surface area contributed by atoms with Crippen LogP contribution in [0.2, 0.25) is 0 Å². The summed E-state index contributed by atoms with van der Waals surface area (Å²) in [7, 11) is 0. The van der Waals surface area contributed by atoms with Gasteiger partial charge in [0.2, 0.25) is 0 Å². The van der Waals surface area contributed by atoms with Crippen LogP contribution in [-0.4, -0.2) is 23.8 Å². The lowest BCUT2D eigenvalue weighted by Crippen LogP contribution is -2.51. The average Bonchev–Trinajstić information content (AvgIpc) is 2.99. The summed E-state index contributed by atoms with van der Waals surface area (Å²) >= 11 is 0. The zero-order chi connectivity index (χ0) is 16.9. The molecular weight excluding hydrogens is 300 g/mol. The molecule has 0 aromatic heterocycles. The van der Waals surface area contributed by atoms with E-state index in [9.17, 15) is 9.90 Å². The molecule has 0 spiro atoms. The minimum absolute atomic E-state index is 0.0879. The van der Waals surface area contributed by atoms with Crippen LogP contribution in [0.1, 0.15) is 71.6 Å². The second kappa shape index (κ2) is 5.86. The topological polar surface area (TPSA) is 46.5 Å². The Kier molecular flexibility index (Phi) is 4.06. The molecule has 3 fully saturated rings. The molecule has 4 aliphatic rings. The summed E-state index contributed by atoms with van der Waals surface area (Å²) in [4.78, 5) is 11.3. The Balaban J connectivity index is 1.58. The van der Waals surface area contributed by atoms with Crippen LogP contribution in [0.3, 0.4) is 0 Å². The highest BCUT2D eigenvalue weighted by Gasteiger charge is 2.57. The molecule has 4 rings (SSSR count). The number of fused-ring (bicyclic) bond motifs is 5. The molecule has 4 aliphatic carbocycles. The van der Waals surface area contributed by atoms with E-state index in [1.54, 1.807) is 5.57 Å². The molecule has 3 nitrogen and oxygen atoms in total. The number of rotatable bonds is 2. The SMILES string of the molecule is CC(=O)OC1CC[C@@]2(C)C(=CC[C@H]3[C@@H]4CCC[C@@]4(CO)CC[C@@H]32)C1. The summed E-state index contributed by atoms with van der Waals surface area (Å²) in [5.41, 5.74) is 2.08. The molecule has 0 aromatic carbocycles. The van der Waals surface area contributed by atoms with Crippen molar-refractivity contribution in [2.24, 2.45) is 28.6 Å². The number of aliphatic hydroxyl groups is 1. The van der Waals surface area contributed by atoms with E-state index in [-0.39, 0.29) is 17.5 Å². The first kappa shape index (κ1) is 16.6. The summed E-state index contributed by atoms with van der Waals surface area (Å²) in [6.45, 7) is 4.39. The van der Waals surface area contributed by atoms with Crippen molar-refractivity contribution in [3.8, 4) is 0 Å². The van der Waals surface area contributed by atoms with Crippen molar-refractivity contribution in [3.63, 3.8) is 0 Å². The molecule has 0 bridgehead atoms. The Morgan fingerprint density at radius 3 is 2.83 bits per heavy atom. The molecule has 0 aliphatic heterocycles. The summed E-state index contributed by atoms with van der Waals surface area (Å²) < 4.78 is 5.51. The van der Waals surface area contributed by atoms with Gasteiger partial charge in [-0.1, -0.05) is 25.0 Å². The fraction of sp³-hybridized carbons (Fsp3) is 0.857. The van der Waals surface area contributed by atoms with E-state index in [1.807, 2.05) is 0 Å². The highest BCUT2D eigenvalue weighted by atomic mass is 16.5. The number of hydrogen-bond donors (Lipinski definition) is 1. The molecule has 1 N–H and O–H groups in total. The van der Waals surface area contributed by atoms with Gasteiger partial charge in [-0.3, -0.25) is 4.79 Å². The van der Waals surface area contributed by atoms with Crippen LogP contribution >= 0.6 is 0 Å². The minimum atomic E-state index is -0.144. The van der Waals surface area contributed by atoms with Gasteiger partial charge in [-0.25, -0.2) is 0 Å². The number of allylic oxidation sites excluding steroid dienone is 1. The van der Waals surface area contributed by atoms with E-state index >= 15 is 0 Å². The van der Waals surface area contributed by atoms with Crippen LogP contribution in [0.5, 0.6) is 0 Å². The molecule has 0 radical (unpaired) electrons. The van der Waals surface area contributed by atoms with Crippen LogP contribution in [0.25, 0.3) is 0 Å². The van der Waals surface area contributed by atoms with E-state index < -0.39 is 0 Å². The Morgan fingerprint density at radius 1 is 1.25 bits per heavy atom. The van der Waals surface area contributed by atoms with Gasteiger partial charge in [-0.15, -0.1) is 0 Å². The van der Waals surface area contributed by atoms with E-state index in [4.69, 9.17) is 4.74 Å². The number of carbonyl (C=O) groups is 1. The van der Waals surface area contributed by atoms with Crippen molar-refractivity contribution in [2.75, 3.05) is 6.61 Å². The second-order valence-electron chi connectivity index (χ2n) is 9.19. The van der Waals surface area contributed by atoms with Crippen LogP contribution in [-0.2, 0) is 9.53 Å². The summed E-state index contributed by atoms with van der Waals surface area (Å²) in [5.74, 6) is 2.10. The average molecular weight is 332 g/mol. The Labute approximate surface area is 145 Å². The number of ether oxygens (including phenoxy) is 1. The van der Waals surface area contributed by atoms with Crippen molar-refractivity contribution in [3.05, 3.63) is 11.6 Å². The van der Waals surface area contributed by atoms with Gasteiger partial charge in [-0.05, 0) is 73.5 Å². The Morgan fingerprint density at radius 2 is 2.08 bits per heavy atom. The maximum absolute atomic E-state index is 11.3. The van der Waals surface area contributed by atoms with Gasteiger partial charge in [0.05, 0.1) is 0 Å². The maximum atomic E-state index is 11.3. The third-order valence-corrected chi connectivity index (χ3v) is 8.23. The van der Waals surface area contributed by atoms with Crippen LogP contribution < -0.4 is 0 Å². The number of esters is 1. The lowest BCUT2D eigenvalue weighted by Gasteiger charge is -2.57. The van der Waals surface area contributed by atoms with Crippen molar-refractivity contribution in [1.29, 1.82) is 0 Å². The molecule has 134 valence electrons. The van der Waals surface area contributed by atoms with E-state index in [1.165, 1.54) is 45.4 Å². The van der Waals surface area contributed by atoms with Crippen LogP contribution in [0.4, 0.5) is 0 Å². The van der Waals surface area contributed by atoms with Gasteiger partial charge in [0.1, 0.15) is 6.10 Å². The molecule has 6 atom stereocenters. The molecule has 3 heteroatoms. The smallest absolute Gasteiger partial charge is 0.302 e. The molecule has 0 heterocycles. The molecule has 3 saturated carbocycles. The number of aliphatic hydroxyl groups excluding tert-OH is 1. The van der Waals surface area contributed by atoms with Crippen LogP contribution in [0, 0.1) is 28.6 Å². The Bertz CT molecular complexity index is 553. The predicted octanol–water partition coefficient (Wildman–Crippen LogP) is 4.24. The van der Waals surface area contributed by atoms with Crippen molar-refractivity contribution in [2.45, 2.75) is 77.7 Å². The van der Waals surface area contributed by atoms with Crippen LogP contribution in [0.15, 0.2) is 11.6 Å². The van der Waals surface area contributed by atoms with E-state index in [0.717, 1.165) is 37.0 Å². The number of carbonyl (C=O) groups excluding carboxylic acids is 1. The van der Waals surface area contributed by atoms with Crippen molar-refractivity contribution in [1.82, 2.24) is 0 Å². The Hall–Kier alpha value is -0.830. The third-order valence-electron chi connectivity index (χ3n) is 8.23. The zero-order valence-electron chi connectivity index (χ0n) is 15.2. The van der Waals surface area contributed by atoms with Gasteiger partial charge < -0.3 is 9.84 Å². The lowest BCUT2D eigenvalue weighted by atomic mass is 9.48. The molecule has 1 unspecified atom stereocenters. The normalized spacial score (nSPS) is 47.2. The largest absolute Gasteiger partial charge is 0.462 e. The lowest BCUT2D eigenvalue weighted by molar-refractivity contribution is -0.148. The molecule has 0 amide bonds. The first-order chi connectivity index (χ1) is 11.5. The fourth-order valence-electron chi connectivity index (χ4n) is 7.03. The highest BCUT2D eigenvalue weighted by Crippen LogP contribution is 2.64. The summed E-state index contributed by atoms with van der Waals surface area (Å²) in [5, 5.41) is 10.1. The minimum Gasteiger partial charge on any atom is -0.462 e. The molecular formula is C21H32O3. The highest BCUT2D eigenvalue weighted by molar-refractivity contribution is 5.66. The zero-order valence-corrected chi connectivity index (χ0v) is 15.2. The third kappa shape index (κ3) is 2.38. The fourth-order valence-corrected chi connectivity index (χ4v) is 7.03. The number of hydrogen-bond acceptors (Lipinski definition) is 3. The molecule has 24 heavy (non-hydrogen) atoms. The molecule has 0 aromatic rings. The van der Waals surface area contributed by atoms with Gasteiger partial charge in [0.25, 0.3) is 0 Å². The van der Waals surface area contributed by atoms with Gasteiger partial charge in [0.15, 0.2) is 0 Å². The summed E-state index contributed by atoms with van der Waals surface area (Å²) in [6.07, 6.45) is 13.2. The van der Waals surface area contributed by atoms with E-state index in [2.05, 4.69) is 13.0 Å². The first-order valence-corrected chi connectivity index (χ1v) is 9.96. The molecule has 0 saturated heterocycles. The quantitative estimate of drug-likeness (QED) is 0.607. The monoisotopic (exact) mass is 332 g/mol. The van der Waals surface area contributed by atoms with Gasteiger partial charge in [-0.2, -0.15) is 0 Å². The predicted molar refractivity (Wildman–Crippen MR) is 93.3 cm³/mol. The van der Waals surface area contributed by atoms with Crippen molar-refractivity contribution >= 4 is 5.97 Å². The standard InChI is InChI=1S/C21H32O3/c1-14(23)24-16-7-10-20(2)15(12-16)5-6-17-18(20)8-11-21(13-22)9-3-4-19(17)21/h5,16-19,22H,3-4,6-13H2,1-2H3/t16?,17-,18+,19+,20+,21+/m1/s1. The van der Waals surface area contributed by atoms with E-state index in [0.29, 0.717) is 12.0 Å². The van der Waals surface area contributed by atoms with Gasteiger partial charge in [0, 0.05) is 20.0 Å². The van der Waals surface area contributed by atoms with Crippen molar-refractivity contribution < 1.29 is 14.6 Å². The second-order valence-corrected chi connectivity index (χ2v) is 9.19. The van der Waals surface area contributed by atoms with Gasteiger partial charge >= 0.3 is 5.97 Å².